The fraction of sp³-hybridized carbons (Fsp3) is 0.615. The quantitative estimate of drug-likeness (QED) is 0.822. The highest BCUT2D eigenvalue weighted by Crippen LogP contribution is 2.18. The van der Waals surface area contributed by atoms with Gasteiger partial charge in [0, 0.05) is 13.1 Å². The van der Waals surface area contributed by atoms with Gasteiger partial charge in [0.15, 0.2) is 0 Å². The molecule has 1 fully saturated rings. The lowest BCUT2D eigenvalue weighted by molar-refractivity contribution is 0.0515. The lowest BCUT2D eigenvalue weighted by atomic mass is 10.1. The van der Waals surface area contributed by atoms with Crippen LogP contribution in [0.1, 0.15) is 35.9 Å². The summed E-state index contributed by atoms with van der Waals surface area (Å²) >= 11 is 0. The number of piperidine rings is 1. The van der Waals surface area contributed by atoms with Crippen LogP contribution in [0.25, 0.3) is 0 Å². The van der Waals surface area contributed by atoms with E-state index in [1.54, 1.807) is 13.0 Å². The third-order valence-corrected chi connectivity index (χ3v) is 3.17. The number of aliphatic hydroxyl groups excluding tert-OH is 1. The number of hydrogen-bond acceptors (Lipinski definition) is 5. The zero-order chi connectivity index (χ0) is 13.0. The molecule has 0 aliphatic carbocycles. The largest absolute Gasteiger partial charge is 0.467 e. The number of hydrogen-bond donors (Lipinski definition) is 1. The van der Waals surface area contributed by atoms with Crippen LogP contribution in [0, 0.1) is 0 Å². The second kappa shape index (κ2) is 6.02. The summed E-state index contributed by atoms with van der Waals surface area (Å²) in [4.78, 5) is 13.9. The van der Waals surface area contributed by atoms with Crippen LogP contribution in [-0.2, 0) is 11.3 Å². The number of carbonyl (C=O) groups excluding carboxylic acids is 1. The van der Waals surface area contributed by atoms with Crippen LogP contribution in [0.2, 0.25) is 0 Å². The topological polar surface area (TPSA) is 62.9 Å². The number of furan rings is 1. The van der Waals surface area contributed by atoms with Crippen LogP contribution >= 0.6 is 0 Å². The van der Waals surface area contributed by atoms with Crippen molar-refractivity contribution in [2.24, 2.45) is 0 Å². The Kier molecular flexibility index (Phi) is 4.38. The molecule has 1 aliphatic rings. The summed E-state index contributed by atoms with van der Waals surface area (Å²) in [6.07, 6.45) is 2.87. The summed E-state index contributed by atoms with van der Waals surface area (Å²) < 4.78 is 10.3. The molecular formula is C13H19NO4. The minimum Gasteiger partial charge on any atom is -0.467 e. The molecule has 0 spiro atoms. The van der Waals surface area contributed by atoms with Gasteiger partial charge in [0.2, 0.25) is 0 Å². The monoisotopic (exact) mass is 253 g/mol. The zero-order valence-electron chi connectivity index (χ0n) is 10.6. The summed E-state index contributed by atoms with van der Waals surface area (Å²) in [5.41, 5.74) is 0.503. The first-order valence-corrected chi connectivity index (χ1v) is 6.34. The van der Waals surface area contributed by atoms with Crippen LogP contribution < -0.4 is 0 Å². The third kappa shape index (κ3) is 3.11. The fourth-order valence-electron chi connectivity index (χ4n) is 2.13. The van der Waals surface area contributed by atoms with Gasteiger partial charge in [-0.1, -0.05) is 0 Å². The standard InChI is InChI=1S/C13H19NO4/c1-2-17-13(16)11-5-8-18-12(11)9-14-6-3-10(15)4-7-14/h5,8,10,15H,2-4,6-7,9H2,1H3. The first-order chi connectivity index (χ1) is 8.70. The van der Waals surface area contributed by atoms with E-state index in [0.717, 1.165) is 25.9 Å². The molecule has 0 bridgehead atoms. The molecule has 0 unspecified atom stereocenters. The molecule has 0 atom stereocenters. The van der Waals surface area contributed by atoms with Crippen LogP contribution in [0.3, 0.4) is 0 Å². The van der Waals surface area contributed by atoms with Crippen LogP contribution in [-0.4, -0.2) is 41.8 Å². The van der Waals surface area contributed by atoms with Gasteiger partial charge < -0.3 is 14.3 Å². The lowest BCUT2D eigenvalue weighted by Gasteiger charge is -2.28. The molecule has 1 aliphatic heterocycles. The first-order valence-electron chi connectivity index (χ1n) is 6.34. The molecular weight excluding hydrogens is 234 g/mol. The normalized spacial score (nSPS) is 17.9. The molecule has 1 saturated heterocycles. The van der Waals surface area contributed by atoms with Crippen molar-refractivity contribution >= 4 is 5.97 Å². The number of esters is 1. The number of nitrogens with zero attached hydrogens (tertiary/aromatic N) is 1. The van der Waals surface area contributed by atoms with E-state index in [1.807, 2.05) is 0 Å². The Morgan fingerprint density at radius 1 is 1.56 bits per heavy atom. The molecule has 5 nitrogen and oxygen atoms in total. The molecule has 0 amide bonds. The van der Waals surface area contributed by atoms with Gasteiger partial charge in [0.25, 0.3) is 0 Å². The molecule has 2 rings (SSSR count). The zero-order valence-corrected chi connectivity index (χ0v) is 10.6. The highest BCUT2D eigenvalue weighted by atomic mass is 16.5. The molecule has 1 aromatic heterocycles. The van der Waals surface area contributed by atoms with Crippen molar-refractivity contribution in [3.8, 4) is 0 Å². The van der Waals surface area contributed by atoms with Gasteiger partial charge in [-0.2, -0.15) is 0 Å². The Morgan fingerprint density at radius 2 is 2.28 bits per heavy atom. The summed E-state index contributed by atoms with van der Waals surface area (Å²) in [5.74, 6) is 0.308. The highest BCUT2D eigenvalue weighted by Gasteiger charge is 2.21. The minimum absolute atomic E-state index is 0.192. The third-order valence-electron chi connectivity index (χ3n) is 3.17. The molecule has 0 aromatic carbocycles. The summed E-state index contributed by atoms with van der Waals surface area (Å²) in [5, 5.41) is 9.44. The van der Waals surface area contributed by atoms with Crippen molar-refractivity contribution < 1.29 is 19.1 Å². The number of ether oxygens (including phenoxy) is 1. The van der Waals surface area contributed by atoms with Crippen LogP contribution in [0.15, 0.2) is 16.7 Å². The molecule has 0 saturated carbocycles. The maximum atomic E-state index is 11.7. The maximum Gasteiger partial charge on any atom is 0.341 e. The minimum atomic E-state index is -0.335. The number of likely N-dealkylation sites (tertiary alicyclic amines) is 1. The van der Waals surface area contributed by atoms with E-state index < -0.39 is 0 Å². The molecule has 5 heteroatoms. The number of rotatable bonds is 4. The van der Waals surface area contributed by atoms with E-state index in [2.05, 4.69) is 4.90 Å². The van der Waals surface area contributed by atoms with Crippen molar-refractivity contribution in [1.82, 2.24) is 4.90 Å². The van der Waals surface area contributed by atoms with E-state index in [-0.39, 0.29) is 12.1 Å². The second-order valence-corrected chi connectivity index (χ2v) is 4.49. The summed E-state index contributed by atoms with van der Waals surface area (Å²) in [6, 6.07) is 1.64. The average molecular weight is 253 g/mol. The van der Waals surface area contributed by atoms with Gasteiger partial charge in [0.1, 0.15) is 11.3 Å². The van der Waals surface area contributed by atoms with Gasteiger partial charge in [-0.15, -0.1) is 0 Å². The van der Waals surface area contributed by atoms with Crippen molar-refractivity contribution in [3.05, 3.63) is 23.7 Å². The Labute approximate surface area is 106 Å². The summed E-state index contributed by atoms with van der Waals surface area (Å²) in [7, 11) is 0. The maximum absolute atomic E-state index is 11.7. The van der Waals surface area contributed by atoms with Gasteiger partial charge in [0.05, 0.1) is 25.5 Å². The van der Waals surface area contributed by atoms with Gasteiger partial charge in [-0.05, 0) is 25.8 Å². The lowest BCUT2D eigenvalue weighted by Crippen LogP contribution is -2.35. The molecule has 100 valence electrons. The molecule has 0 radical (unpaired) electrons. The van der Waals surface area contributed by atoms with E-state index in [0.29, 0.717) is 24.5 Å². The van der Waals surface area contributed by atoms with E-state index in [1.165, 1.54) is 6.26 Å². The molecule has 1 aromatic rings. The van der Waals surface area contributed by atoms with Gasteiger partial charge in [-0.25, -0.2) is 4.79 Å². The SMILES string of the molecule is CCOC(=O)c1ccoc1CN1CCC(O)CC1. The van der Waals surface area contributed by atoms with Crippen LogP contribution in [0.5, 0.6) is 0 Å². The first kappa shape index (κ1) is 13.1. The smallest absolute Gasteiger partial charge is 0.341 e. The second-order valence-electron chi connectivity index (χ2n) is 4.49. The fourth-order valence-corrected chi connectivity index (χ4v) is 2.13. The van der Waals surface area contributed by atoms with Crippen molar-refractivity contribution in [3.63, 3.8) is 0 Å². The Hall–Kier alpha value is -1.33. The number of aliphatic hydroxyl groups is 1. The van der Waals surface area contributed by atoms with E-state index in [4.69, 9.17) is 9.15 Å². The number of carbonyl (C=O) groups is 1. The predicted octanol–water partition coefficient (Wildman–Crippen LogP) is 1.41. The highest BCUT2D eigenvalue weighted by molar-refractivity contribution is 5.90. The van der Waals surface area contributed by atoms with Gasteiger partial charge >= 0.3 is 5.97 Å². The van der Waals surface area contributed by atoms with Crippen molar-refractivity contribution in [2.75, 3.05) is 19.7 Å². The summed E-state index contributed by atoms with van der Waals surface area (Å²) in [6.45, 7) is 4.38. The Balaban J connectivity index is 1.97. The Morgan fingerprint density at radius 3 is 2.94 bits per heavy atom. The predicted molar refractivity (Wildman–Crippen MR) is 65.2 cm³/mol. The van der Waals surface area contributed by atoms with Crippen molar-refractivity contribution in [2.45, 2.75) is 32.4 Å². The van der Waals surface area contributed by atoms with E-state index in [9.17, 15) is 9.90 Å². The average Bonchev–Trinajstić information content (AvgIpc) is 2.81. The molecule has 1 N–H and O–H groups in total. The molecule has 2 heterocycles. The van der Waals surface area contributed by atoms with Crippen LogP contribution in [0.4, 0.5) is 0 Å². The van der Waals surface area contributed by atoms with Crippen molar-refractivity contribution in [1.29, 1.82) is 0 Å². The Bertz CT molecular complexity index is 393. The molecule has 18 heavy (non-hydrogen) atoms. The van der Waals surface area contributed by atoms with E-state index >= 15 is 0 Å². The van der Waals surface area contributed by atoms with Gasteiger partial charge in [-0.3, -0.25) is 4.90 Å².